The first kappa shape index (κ1) is 15.7. The van der Waals surface area contributed by atoms with Crippen LogP contribution >= 0.6 is 11.6 Å². The summed E-state index contributed by atoms with van der Waals surface area (Å²) in [5, 5.41) is 10.6. The zero-order chi connectivity index (χ0) is 15.0. The smallest absolute Gasteiger partial charge is 0.319 e. The van der Waals surface area contributed by atoms with Crippen LogP contribution < -0.4 is 5.73 Å². The SMILES string of the molecule is CC(C)(c1ccc(Cl)c([N+](=O)[O-])c1)C(N)C(F)(F)F. The molecule has 1 aromatic carbocycles. The van der Waals surface area contributed by atoms with E-state index in [1.54, 1.807) is 0 Å². The second-order valence-electron chi connectivity index (χ2n) is 4.66. The van der Waals surface area contributed by atoms with Crippen LogP contribution in [0.1, 0.15) is 19.4 Å². The Labute approximate surface area is 112 Å². The first-order valence-electron chi connectivity index (χ1n) is 5.24. The fraction of sp³-hybridized carbons (Fsp3) is 0.455. The number of benzene rings is 1. The first-order valence-corrected chi connectivity index (χ1v) is 5.62. The minimum atomic E-state index is -4.60. The molecular formula is C11H12ClF3N2O2. The average molecular weight is 297 g/mol. The van der Waals surface area contributed by atoms with Crippen molar-refractivity contribution in [1.82, 2.24) is 0 Å². The quantitative estimate of drug-likeness (QED) is 0.686. The predicted octanol–water partition coefficient (Wildman–Crippen LogP) is 3.42. The van der Waals surface area contributed by atoms with E-state index < -0.39 is 28.2 Å². The third-order valence-electron chi connectivity index (χ3n) is 3.02. The maximum absolute atomic E-state index is 12.7. The molecule has 0 aromatic heterocycles. The molecule has 0 spiro atoms. The first-order chi connectivity index (χ1) is 8.48. The molecule has 1 atom stereocenters. The molecule has 0 amide bonds. The van der Waals surface area contributed by atoms with Gasteiger partial charge >= 0.3 is 6.18 Å². The van der Waals surface area contributed by atoms with Crippen LogP contribution in [-0.2, 0) is 5.41 Å². The van der Waals surface area contributed by atoms with Gasteiger partial charge in [-0.25, -0.2) is 0 Å². The number of nitrogens with two attached hydrogens (primary N) is 1. The number of hydrogen-bond acceptors (Lipinski definition) is 3. The summed E-state index contributed by atoms with van der Waals surface area (Å²) in [6.45, 7) is 2.55. The van der Waals surface area contributed by atoms with Crippen molar-refractivity contribution in [3.63, 3.8) is 0 Å². The molecule has 8 heteroatoms. The van der Waals surface area contributed by atoms with Gasteiger partial charge in [0.25, 0.3) is 5.69 Å². The summed E-state index contributed by atoms with van der Waals surface area (Å²) in [6, 6.07) is 1.38. The Bertz CT molecular complexity index is 503. The molecule has 19 heavy (non-hydrogen) atoms. The molecule has 0 aliphatic heterocycles. The van der Waals surface area contributed by atoms with E-state index in [1.165, 1.54) is 26.0 Å². The number of nitro benzene ring substituents is 1. The Hall–Kier alpha value is -1.34. The van der Waals surface area contributed by atoms with Crippen LogP contribution in [0.25, 0.3) is 0 Å². The van der Waals surface area contributed by atoms with E-state index in [0.29, 0.717) is 0 Å². The van der Waals surface area contributed by atoms with E-state index in [4.69, 9.17) is 17.3 Å². The maximum atomic E-state index is 12.7. The molecule has 1 unspecified atom stereocenters. The Kier molecular flexibility index (Phi) is 4.11. The van der Waals surface area contributed by atoms with Gasteiger partial charge in [-0.2, -0.15) is 13.2 Å². The fourth-order valence-corrected chi connectivity index (χ4v) is 1.83. The highest BCUT2D eigenvalue weighted by Crippen LogP contribution is 2.37. The maximum Gasteiger partial charge on any atom is 0.404 e. The number of rotatable bonds is 3. The third-order valence-corrected chi connectivity index (χ3v) is 3.34. The van der Waals surface area contributed by atoms with Crippen LogP contribution in [0, 0.1) is 10.1 Å². The lowest BCUT2D eigenvalue weighted by Crippen LogP contribution is -2.51. The summed E-state index contributed by atoms with van der Waals surface area (Å²) in [5.74, 6) is 0. The summed E-state index contributed by atoms with van der Waals surface area (Å²) in [4.78, 5) is 9.99. The lowest BCUT2D eigenvalue weighted by Gasteiger charge is -2.33. The van der Waals surface area contributed by atoms with Crippen molar-refractivity contribution in [1.29, 1.82) is 0 Å². The monoisotopic (exact) mass is 296 g/mol. The van der Waals surface area contributed by atoms with Crippen molar-refractivity contribution in [2.24, 2.45) is 5.73 Å². The Morgan fingerprint density at radius 1 is 1.37 bits per heavy atom. The molecule has 106 valence electrons. The fourth-order valence-electron chi connectivity index (χ4n) is 1.64. The van der Waals surface area contributed by atoms with Crippen LogP contribution in [0.3, 0.4) is 0 Å². The van der Waals surface area contributed by atoms with Crippen molar-refractivity contribution in [2.45, 2.75) is 31.5 Å². The van der Waals surface area contributed by atoms with Gasteiger partial charge in [0.15, 0.2) is 0 Å². The number of alkyl halides is 3. The summed E-state index contributed by atoms with van der Waals surface area (Å²) in [5.41, 5.74) is 3.35. The van der Waals surface area contributed by atoms with Crippen molar-refractivity contribution in [3.8, 4) is 0 Å². The van der Waals surface area contributed by atoms with E-state index in [9.17, 15) is 23.3 Å². The van der Waals surface area contributed by atoms with E-state index in [1.807, 2.05) is 0 Å². The van der Waals surface area contributed by atoms with Crippen molar-refractivity contribution in [2.75, 3.05) is 0 Å². The third kappa shape index (κ3) is 3.16. The molecule has 0 aliphatic rings. The van der Waals surface area contributed by atoms with Crippen LogP contribution in [0.4, 0.5) is 18.9 Å². The normalized spacial score (nSPS) is 14.3. The second-order valence-corrected chi connectivity index (χ2v) is 5.07. The van der Waals surface area contributed by atoms with Gasteiger partial charge in [-0.1, -0.05) is 31.5 Å². The molecule has 1 aromatic rings. The summed E-state index contributed by atoms with van der Waals surface area (Å²) >= 11 is 5.62. The van der Waals surface area contributed by atoms with Crippen LogP contribution in [0.5, 0.6) is 0 Å². The lowest BCUT2D eigenvalue weighted by atomic mass is 9.77. The van der Waals surface area contributed by atoms with Gasteiger partial charge in [-0.3, -0.25) is 10.1 Å². The average Bonchev–Trinajstić information content (AvgIpc) is 2.26. The molecule has 0 bridgehead atoms. The van der Waals surface area contributed by atoms with Crippen molar-refractivity contribution >= 4 is 17.3 Å². The number of hydrogen-bond donors (Lipinski definition) is 1. The standard InChI is InChI=1S/C11H12ClF3N2O2/c1-10(2,9(16)11(13,14)15)6-3-4-7(12)8(5-6)17(18)19/h3-5,9H,16H2,1-2H3. The number of halogens is 4. The molecule has 0 saturated carbocycles. The van der Waals surface area contributed by atoms with Crippen LogP contribution in [0.15, 0.2) is 18.2 Å². The highest BCUT2D eigenvalue weighted by atomic mass is 35.5. The number of nitrogens with zero attached hydrogens (tertiary/aromatic N) is 1. The second kappa shape index (κ2) is 4.97. The predicted molar refractivity (Wildman–Crippen MR) is 65.2 cm³/mol. The van der Waals surface area contributed by atoms with Gasteiger partial charge in [0.1, 0.15) is 11.1 Å². The van der Waals surface area contributed by atoms with Gasteiger partial charge in [0.05, 0.1) is 4.92 Å². The minimum Gasteiger partial charge on any atom is -0.319 e. The molecule has 0 heterocycles. The molecule has 2 N–H and O–H groups in total. The van der Waals surface area contributed by atoms with Gasteiger partial charge in [0.2, 0.25) is 0 Å². The van der Waals surface area contributed by atoms with E-state index in [-0.39, 0.29) is 10.6 Å². The zero-order valence-corrected chi connectivity index (χ0v) is 10.9. The molecule has 1 rings (SSSR count). The molecular weight excluding hydrogens is 285 g/mol. The highest BCUT2D eigenvalue weighted by molar-refractivity contribution is 6.32. The minimum absolute atomic E-state index is 0.105. The summed E-state index contributed by atoms with van der Waals surface area (Å²) < 4.78 is 38.1. The largest absolute Gasteiger partial charge is 0.404 e. The van der Waals surface area contributed by atoms with E-state index in [0.717, 1.165) is 6.07 Å². The van der Waals surface area contributed by atoms with Gasteiger partial charge in [-0.15, -0.1) is 0 Å². The molecule has 0 radical (unpaired) electrons. The van der Waals surface area contributed by atoms with Crippen LogP contribution in [-0.4, -0.2) is 17.1 Å². The van der Waals surface area contributed by atoms with Gasteiger partial charge < -0.3 is 5.73 Å². The molecule has 0 aliphatic carbocycles. The van der Waals surface area contributed by atoms with E-state index in [2.05, 4.69) is 0 Å². The Morgan fingerprint density at radius 2 is 1.89 bits per heavy atom. The zero-order valence-electron chi connectivity index (χ0n) is 10.2. The summed E-state index contributed by atoms with van der Waals surface area (Å²) in [6.07, 6.45) is -4.60. The van der Waals surface area contributed by atoms with Gasteiger partial charge in [0, 0.05) is 11.5 Å². The Morgan fingerprint density at radius 3 is 2.32 bits per heavy atom. The summed E-state index contributed by atoms with van der Waals surface area (Å²) in [7, 11) is 0. The molecule has 4 nitrogen and oxygen atoms in total. The number of nitro groups is 1. The van der Waals surface area contributed by atoms with Gasteiger partial charge in [-0.05, 0) is 11.6 Å². The Balaban J connectivity index is 3.30. The lowest BCUT2D eigenvalue weighted by molar-refractivity contribution is -0.384. The highest BCUT2D eigenvalue weighted by Gasteiger charge is 2.47. The van der Waals surface area contributed by atoms with Crippen LogP contribution in [0.2, 0.25) is 5.02 Å². The molecule has 0 fully saturated rings. The molecule has 0 saturated heterocycles. The van der Waals surface area contributed by atoms with Crippen molar-refractivity contribution in [3.05, 3.63) is 38.9 Å². The van der Waals surface area contributed by atoms with E-state index >= 15 is 0 Å². The topological polar surface area (TPSA) is 69.2 Å². The van der Waals surface area contributed by atoms with Crippen molar-refractivity contribution < 1.29 is 18.1 Å².